The van der Waals surface area contributed by atoms with Crippen LogP contribution in [0.25, 0.3) is 0 Å². The molecule has 0 radical (unpaired) electrons. The van der Waals surface area contributed by atoms with Crippen LogP contribution in [0.1, 0.15) is 25.1 Å². The molecule has 0 spiro atoms. The quantitative estimate of drug-likeness (QED) is 0.791. The Morgan fingerprint density at radius 1 is 1.61 bits per heavy atom. The van der Waals surface area contributed by atoms with Gasteiger partial charge in [-0.3, -0.25) is 0 Å². The lowest BCUT2D eigenvalue weighted by Crippen LogP contribution is -2.34. The van der Waals surface area contributed by atoms with Crippen LogP contribution >= 0.6 is 0 Å². The van der Waals surface area contributed by atoms with Gasteiger partial charge in [-0.25, -0.2) is 13.4 Å². The Bertz CT molecular complexity index is 561. The van der Waals surface area contributed by atoms with Crippen LogP contribution in [-0.2, 0) is 17.1 Å². The summed E-state index contributed by atoms with van der Waals surface area (Å²) in [6.07, 6.45) is 3.47. The van der Waals surface area contributed by atoms with Crippen molar-refractivity contribution in [2.24, 2.45) is 7.05 Å². The molecule has 0 N–H and O–H groups in total. The normalized spacial score (nSPS) is 15.9. The highest BCUT2D eigenvalue weighted by molar-refractivity contribution is 7.89. The molecule has 7 heteroatoms. The summed E-state index contributed by atoms with van der Waals surface area (Å²) in [7, 11) is -1.80. The molecule has 1 fully saturated rings. The first kappa shape index (κ1) is 13.1. The highest BCUT2D eigenvalue weighted by Gasteiger charge is 2.38. The average molecular weight is 268 g/mol. The number of nitriles is 1. The van der Waals surface area contributed by atoms with Crippen LogP contribution in [0.15, 0.2) is 11.2 Å². The third-order valence-corrected chi connectivity index (χ3v) is 4.88. The summed E-state index contributed by atoms with van der Waals surface area (Å²) in [4.78, 5) is 4.07. The van der Waals surface area contributed by atoms with Gasteiger partial charge in [-0.1, -0.05) is 0 Å². The molecule has 1 aliphatic rings. The maximum Gasteiger partial charge on any atom is 0.262 e. The summed E-state index contributed by atoms with van der Waals surface area (Å²) >= 11 is 0. The SMILES string of the molecule is Cc1nc(S(=O)(=O)N(CCC#N)C2CC2)cn1C. The van der Waals surface area contributed by atoms with Crippen molar-refractivity contribution < 1.29 is 8.42 Å². The van der Waals surface area contributed by atoms with E-state index in [9.17, 15) is 8.42 Å². The second-order valence-electron chi connectivity index (χ2n) is 4.49. The molecule has 0 aliphatic heterocycles. The van der Waals surface area contributed by atoms with Gasteiger partial charge < -0.3 is 4.57 Å². The first-order chi connectivity index (χ1) is 8.46. The average Bonchev–Trinajstić information content (AvgIpc) is 3.07. The Morgan fingerprint density at radius 3 is 2.72 bits per heavy atom. The highest BCUT2D eigenvalue weighted by atomic mass is 32.2. The number of hydrogen-bond acceptors (Lipinski definition) is 4. The lowest BCUT2D eigenvalue weighted by Gasteiger charge is -2.18. The van der Waals surface area contributed by atoms with Gasteiger partial charge in [0.05, 0.1) is 6.07 Å². The Kier molecular flexibility index (Phi) is 3.41. The molecule has 1 aromatic heterocycles. The predicted molar refractivity (Wildman–Crippen MR) is 65.1 cm³/mol. The van der Waals surface area contributed by atoms with E-state index in [1.165, 1.54) is 10.5 Å². The number of nitrogens with zero attached hydrogens (tertiary/aromatic N) is 4. The van der Waals surface area contributed by atoms with Gasteiger partial charge in [-0.2, -0.15) is 9.57 Å². The molecule has 0 bridgehead atoms. The molecule has 6 nitrogen and oxygen atoms in total. The zero-order chi connectivity index (χ0) is 13.3. The lowest BCUT2D eigenvalue weighted by molar-refractivity contribution is 0.409. The summed E-state index contributed by atoms with van der Waals surface area (Å²) in [6.45, 7) is 2.01. The Balaban J connectivity index is 2.30. The number of aryl methyl sites for hydroxylation is 2. The molecular weight excluding hydrogens is 252 g/mol. The zero-order valence-electron chi connectivity index (χ0n) is 10.5. The number of rotatable bonds is 5. The number of hydrogen-bond donors (Lipinski definition) is 0. The monoisotopic (exact) mass is 268 g/mol. The molecule has 98 valence electrons. The Morgan fingerprint density at radius 2 is 2.28 bits per heavy atom. The minimum Gasteiger partial charge on any atom is -0.337 e. The molecule has 1 heterocycles. The minimum atomic E-state index is -3.56. The van der Waals surface area contributed by atoms with Gasteiger partial charge in [0, 0.05) is 32.3 Å². The second kappa shape index (κ2) is 4.71. The molecule has 0 unspecified atom stereocenters. The molecule has 1 aromatic rings. The van der Waals surface area contributed by atoms with E-state index >= 15 is 0 Å². The third-order valence-electron chi connectivity index (χ3n) is 3.06. The van der Waals surface area contributed by atoms with E-state index in [-0.39, 0.29) is 24.0 Å². The van der Waals surface area contributed by atoms with E-state index in [1.54, 1.807) is 18.5 Å². The largest absolute Gasteiger partial charge is 0.337 e. The van der Waals surface area contributed by atoms with Crippen molar-refractivity contribution >= 4 is 10.0 Å². The van der Waals surface area contributed by atoms with Gasteiger partial charge in [0.1, 0.15) is 5.82 Å². The smallest absolute Gasteiger partial charge is 0.262 e. The van der Waals surface area contributed by atoms with Crippen molar-refractivity contribution in [3.8, 4) is 6.07 Å². The summed E-state index contributed by atoms with van der Waals surface area (Å²) in [5.41, 5.74) is 0. The van der Waals surface area contributed by atoms with Crippen molar-refractivity contribution in [2.75, 3.05) is 6.54 Å². The van der Waals surface area contributed by atoms with Crippen molar-refractivity contribution in [1.29, 1.82) is 5.26 Å². The molecule has 0 amide bonds. The van der Waals surface area contributed by atoms with Crippen LogP contribution in [0, 0.1) is 18.3 Å². The topological polar surface area (TPSA) is 79.0 Å². The van der Waals surface area contributed by atoms with Crippen LogP contribution in [-0.4, -0.2) is 34.9 Å². The first-order valence-electron chi connectivity index (χ1n) is 5.85. The predicted octanol–water partition coefficient (Wildman–Crippen LogP) is 0.795. The maximum absolute atomic E-state index is 12.4. The molecular formula is C11H16N4O2S. The fourth-order valence-electron chi connectivity index (χ4n) is 1.79. The zero-order valence-corrected chi connectivity index (χ0v) is 11.3. The molecule has 18 heavy (non-hydrogen) atoms. The van der Waals surface area contributed by atoms with E-state index in [1.807, 2.05) is 6.07 Å². The van der Waals surface area contributed by atoms with Crippen LogP contribution in [0.4, 0.5) is 0 Å². The van der Waals surface area contributed by atoms with Crippen molar-refractivity contribution in [2.45, 2.75) is 37.3 Å². The van der Waals surface area contributed by atoms with Crippen LogP contribution < -0.4 is 0 Å². The Labute approximate surface area is 107 Å². The summed E-state index contributed by atoms with van der Waals surface area (Å²) < 4.78 is 27.9. The second-order valence-corrected chi connectivity index (χ2v) is 6.33. The van der Waals surface area contributed by atoms with Gasteiger partial charge >= 0.3 is 0 Å². The van der Waals surface area contributed by atoms with Crippen molar-refractivity contribution in [3.05, 3.63) is 12.0 Å². The standard InChI is InChI=1S/C11H16N4O2S/c1-9-13-11(8-14(9)2)18(16,17)15(7-3-6-12)10-4-5-10/h8,10H,3-5,7H2,1-2H3. The van der Waals surface area contributed by atoms with Crippen LogP contribution in [0.3, 0.4) is 0 Å². The molecule has 0 atom stereocenters. The molecule has 0 aromatic carbocycles. The fraction of sp³-hybridized carbons (Fsp3) is 0.636. The molecule has 1 saturated carbocycles. The van der Waals surface area contributed by atoms with E-state index in [0.29, 0.717) is 5.82 Å². The Hall–Kier alpha value is -1.39. The molecule has 0 saturated heterocycles. The van der Waals surface area contributed by atoms with Crippen molar-refractivity contribution in [1.82, 2.24) is 13.9 Å². The van der Waals surface area contributed by atoms with E-state index in [0.717, 1.165) is 12.8 Å². The molecule has 2 rings (SSSR count). The number of aromatic nitrogens is 2. The summed E-state index contributed by atoms with van der Waals surface area (Å²) in [5, 5.41) is 8.69. The first-order valence-corrected chi connectivity index (χ1v) is 7.29. The number of imidazole rings is 1. The van der Waals surface area contributed by atoms with Gasteiger partial charge in [0.2, 0.25) is 0 Å². The van der Waals surface area contributed by atoms with Crippen molar-refractivity contribution in [3.63, 3.8) is 0 Å². The maximum atomic E-state index is 12.4. The minimum absolute atomic E-state index is 0.0469. The third kappa shape index (κ3) is 2.40. The van der Waals surface area contributed by atoms with Crippen LogP contribution in [0.5, 0.6) is 0 Å². The van der Waals surface area contributed by atoms with E-state index in [4.69, 9.17) is 5.26 Å². The fourth-order valence-corrected chi connectivity index (χ4v) is 3.51. The molecule has 1 aliphatic carbocycles. The number of sulfonamides is 1. The van der Waals surface area contributed by atoms with Gasteiger partial charge in [-0.15, -0.1) is 0 Å². The van der Waals surface area contributed by atoms with Gasteiger partial charge in [0.15, 0.2) is 5.03 Å². The van der Waals surface area contributed by atoms with Gasteiger partial charge in [-0.05, 0) is 19.8 Å². The summed E-state index contributed by atoms with van der Waals surface area (Å²) in [6, 6.07) is 2.04. The lowest BCUT2D eigenvalue weighted by atomic mass is 10.4. The van der Waals surface area contributed by atoms with Gasteiger partial charge in [0.25, 0.3) is 10.0 Å². The van der Waals surface area contributed by atoms with Crippen LogP contribution in [0.2, 0.25) is 0 Å². The van der Waals surface area contributed by atoms with E-state index < -0.39 is 10.0 Å². The highest BCUT2D eigenvalue weighted by Crippen LogP contribution is 2.31. The summed E-state index contributed by atoms with van der Waals surface area (Å²) in [5.74, 6) is 0.657. The van der Waals surface area contributed by atoms with E-state index in [2.05, 4.69) is 4.98 Å².